The predicted molar refractivity (Wildman–Crippen MR) is 216 cm³/mol. The van der Waals surface area contributed by atoms with Crippen molar-refractivity contribution in [1.82, 2.24) is 10.6 Å². The molecule has 0 saturated heterocycles. The minimum absolute atomic E-state index is 0.00730. The van der Waals surface area contributed by atoms with Gasteiger partial charge in [-0.15, -0.1) is 0 Å². The quantitative estimate of drug-likeness (QED) is 0.0298. The molecule has 0 heterocycles. The molecule has 0 radical (unpaired) electrons. The average molecular weight is 977 g/mol. The van der Waals surface area contributed by atoms with Crippen molar-refractivity contribution in [2.45, 2.75) is 51.0 Å². The number of nitrogens with zero attached hydrogens (tertiary/aromatic N) is 2. The van der Waals surface area contributed by atoms with Crippen molar-refractivity contribution in [3.05, 3.63) is 71.8 Å². The fourth-order valence-corrected chi connectivity index (χ4v) is 3.22. The second-order valence-electron chi connectivity index (χ2n) is 10.6. The van der Waals surface area contributed by atoms with E-state index in [1.807, 2.05) is 60.7 Å². The van der Waals surface area contributed by atoms with Gasteiger partial charge in [0.2, 0.25) is 0 Å². The highest BCUT2D eigenvalue weighted by Gasteiger charge is 2.13. The maximum absolute atomic E-state index is 11.6. The van der Waals surface area contributed by atoms with Crippen LogP contribution in [0.3, 0.4) is 0 Å². The first-order valence-electron chi connectivity index (χ1n) is 16.0. The number of hydrogen-bond donors (Lipinski definition) is 14. The zero-order valence-corrected chi connectivity index (χ0v) is 35.1. The molecule has 2 amide bonds. The number of hydrogen-bond acceptors (Lipinski definition) is 16. The van der Waals surface area contributed by atoms with E-state index < -0.39 is 65.9 Å². The minimum Gasteiger partial charge on any atom is -0.445 e. The largest absolute Gasteiger partial charge is 0.445 e. The van der Waals surface area contributed by atoms with E-state index in [9.17, 15) is 19.2 Å². The van der Waals surface area contributed by atoms with E-state index in [0.717, 1.165) is 11.1 Å². The Morgan fingerprint density at radius 3 is 0.984 bits per heavy atom. The van der Waals surface area contributed by atoms with Crippen molar-refractivity contribution < 1.29 is 98.7 Å². The van der Waals surface area contributed by atoms with Gasteiger partial charge in [0.1, 0.15) is 25.8 Å². The summed E-state index contributed by atoms with van der Waals surface area (Å²) in [7, 11) is -18.7. The highest BCUT2D eigenvalue weighted by Crippen LogP contribution is 2.03. The SMILES string of the molecule is NC(N)=NCCC[C@@H](C=O)NC(=O)OCc1ccccc1.NC(N)=NCCC[C@@H](C=O)NC(=O)OCc1ccccc1.O=S(=O)(O)O.O=S(=O)(O)O.O=S(=O)(O)O.O=S(=O)(O)O. The van der Waals surface area contributed by atoms with Crippen LogP contribution in [0.1, 0.15) is 36.8 Å². The third kappa shape index (κ3) is 72.0. The van der Waals surface area contributed by atoms with Gasteiger partial charge in [0.15, 0.2) is 11.9 Å². The highest BCUT2D eigenvalue weighted by molar-refractivity contribution is 7.80. The van der Waals surface area contributed by atoms with E-state index >= 15 is 0 Å². The summed E-state index contributed by atoms with van der Waals surface area (Å²) in [4.78, 5) is 52.5. The third-order valence-corrected chi connectivity index (χ3v) is 5.30. The van der Waals surface area contributed by atoms with E-state index in [2.05, 4.69) is 20.6 Å². The van der Waals surface area contributed by atoms with Crippen LogP contribution in [0.4, 0.5) is 9.59 Å². The smallest absolute Gasteiger partial charge is 0.408 e. The van der Waals surface area contributed by atoms with Crippen LogP contribution in [-0.2, 0) is 73.9 Å². The number of amides is 2. The van der Waals surface area contributed by atoms with Gasteiger partial charge < -0.3 is 52.6 Å². The van der Waals surface area contributed by atoms with Gasteiger partial charge in [-0.25, -0.2) is 9.59 Å². The molecule has 62 heavy (non-hydrogen) atoms. The minimum atomic E-state index is -4.67. The number of benzene rings is 2. The van der Waals surface area contributed by atoms with Gasteiger partial charge in [0.05, 0.1) is 12.1 Å². The number of nitrogens with one attached hydrogen (secondary N) is 2. The fraction of sp³-hybridized carbons (Fsp3) is 0.357. The lowest BCUT2D eigenvalue weighted by atomic mass is 10.2. The lowest BCUT2D eigenvalue weighted by Gasteiger charge is -2.12. The Bertz CT molecular complexity index is 1830. The van der Waals surface area contributed by atoms with Crippen molar-refractivity contribution in [3.63, 3.8) is 0 Å². The summed E-state index contributed by atoms with van der Waals surface area (Å²) in [6, 6.07) is 17.3. The van der Waals surface area contributed by atoms with Crippen molar-refractivity contribution in [2.75, 3.05) is 13.1 Å². The van der Waals surface area contributed by atoms with Gasteiger partial charge in [-0.2, -0.15) is 33.7 Å². The molecular formula is C28H48N8O22S4. The molecule has 0 fully saturated rings. The Kier molecular flexibility index (Phi) is 35.5. The number of alkyl carbamates (subject to hydrolysis) is 2. The Balaban J connectivity index is -0.000000378. The van der Waals surface area contributed by atoms with E-state index in [-0.39, 0.29) is 25.1 Å². The summed E-state index contributed by atoms with van der Waals surface area (Å²) in [5.74, 6) is 0.0146. The first-order valence-corrected chi connectivity index (χ1v) is 21.6. The first kappa shape index (κ1) is 63.0. The monoisotopic (exact) mass is 976 g/mol. The summed E-state index contributed by atoms with van der Waals surface area (Å²) in [5, 5.41) is 4.97. The molecule has 18 N–H and O–H groups in total. The summed E-state index contributed by atoms with van der Waals surface area (Å²) >= 11 is 0. The third-order valence-electron chi connectivity index (χ3n) is 5.30. The predicted octanol–water partition coefficient (Wildman–Crippen LogP) is -1.54. The topological polar surface area (TPSA) is 538 Å². The molecule has 2 aromatic carbocycles. The Hall–Kier alpha value is -5.66. The molecule has 30 nitrogen and oxygen atoms in total. The molecule has 0 aromatic heterocycles. The van der Waals surface area contributed by atoms with Gasteiger partial charge in [-0.1, -0.05) is 60.7 Å². The molecule has 356 valence electrons. The molecule has 2 atom stereocenters. The Morgan fingerprint density at radius 2 is 0.774 bits per heavy atom. The molecule has 0 saturated carbocycles. The zero-order chi connectivity index (χ0) is 49.0. The van der Waals surface area contributed by atoms with Gasteiger partial charge in [0.25, 0.3) is 0 Å². The molecule has 0 unspecified atom stereocenters. The van der Waals surface area contributed by atoms with Gasteiger partial charge >= 0.3 is 53.8 Å². The van der Waals surface area contributed by atoms with Crippen molar-refractivity contribution in [3.8, 4) is 0 Å². The van der Waals surface area contributed by atoms with Gasteiger partial charge in [-0.3, -0.25) is 46.4 Å². The van der Waals surface area contributed by atoms with E-state index in [1.54, 1.807) is 0 Å². The van der Waals surface area contributed by atoms with Crippen LogP contribution < -0.4 is 33.6 Å². The summed E-state index contributed by atoms with van der Waals surface area (Å²) in [6.07, 6.45) is 2.14. The number of rotatable bonds is 16. The first-order chi connectivity index (χ1) is 28.2. The molecule has 34 heteroatoms. The van der Waals surface area contributed by atoms with E-state index in [1.165, 1.54) is 0 Å². The zero-order valence-electron chi connectivity index (χ0n) is 31.9. The lowest BCUT2D eigenvalue weighted by Crippen LogP contribution is -2.36. The van der Waals surface area contributed by atoms with Crippen LogP contribution in [-0.4, -0.2) is 132 Å². The van der Waals surface area contributed by atoms with Crippen molar-refractivity contribution in [1.29, 1.82) is 0 Å². The van der Waals surface area contributed by atoms with Gasteiger partial charge in [-0.05, 0) is 36.8 Å². The number of carbonyl (C=O) groups is 4. The fourth-order valence-electron chi connectivity index (χ4n) is 3.22. The normalized spacial score (nSPS) is 11.4. The Morgan fingerprint density at radius 1 is 0.532 bits per heavy atom. The summed E-state index contributed by atoms with van der Waals surface area (Å²) < 4.78 is 136. The summed E-state index contributed by atoms with van der Waals surface area (Å²) in [5.41, 5.74) is 22.5. The summed E-state index contributed by atoms with van der Waals surface area (Å²) in [6.45, 7) is 1.14. The number of ether oxygens (including phenoxy) is 2. The second kappa shape index (κ2) is 35.0. The number of aliphatic imine (C=N–C) groups is 2. The molecule has 0 aliphatic rings. The average Bonchev–Trinajstić information content (AvgIpc) is 3.10. The van der Waals surface area contributed by atoms with Crippen LogP contribution in [0.2, 0.25) is 0 Å². The van der Waals surface area contributed by atoms with Crippen molar-refractivity contribution in [2.24, 2.45) is 32.9 Å². The number of nitrogens with two attached hydrogens (primary N) is 4. The van der Waals surface area contributed by atoms with Gasteiger partial charge in [0, 0.05) is 13.1 Å². The second-order valence-corrected chi connectivity index (χ2v) is 14.2. The molecule has 2 rings (SSSR count). The number of guanidine groups is 2. The number of aldehydes is 2. The van der Waals surface area contributed by atoms with Crippen LogP contribution in [0.25, 0.3) is 0 Å². The molecule has 0 bridgehead atoms. The lowest BCUT2D eigenvalue weighted by molar-refractivity contribution is -0.110. The van der Waals surface area contributed by atoms with Crippen LogP contribution >= 0.6 is 0 Å². The number of carbonyl (C=O) groups excluding carboxylic acids is 4. The highest BCUT2D eigenvalue weighted by atomic mass is 32.3. The van der Waals surface area contributed by atoms with E-state index in [0.29, 0.717) is 51.3 Å². The van der Waals surface area contributed by atoms with E-state index in [4.69, 9.17) is 103 Å². The van der Waals surface area contributed by atoms with Crippen LogP contribution in [0.5, 0.6) is 0 Å². The maximum Gasteiger partial charge on any atom is 0.408 e. The Labute approximate surface area is 355 Å². The molecular weight excluding hydrogens is 929 g/mol. The molecule has 2 aromatic rings. The molecule has 0 spiro atoms. The molecule has 0 aliphatic carbocycles. The molecule has 0 aliphatic heterocycles. The van der Waals surface area contributed by atoms with Crippen LogP contribution in [0, 0.1) is 0 Å². The standard InChI is InChI=1S/2C14H20N4O3.4H2O4S/c2*15-13(16)17-8-4-7-12(9-19)18-14(20)21-10-11-5-2-1-3-6-11;4*1-5(2,3)4/h2*1-3,5-6,9,12H,4,7-8,10H2,(H,18,20)(H4,15,16,17);4*(H2,1,2,3,4)/t2*12-;;;;/m00..../s1. The maximum atomic E-state index is 11.6. The van der Waals surface area contributed by atoms with Crippen LogP contribution in [0.15, 0.2) is 70.6 Å². The van der Waals surface area contributed by atoms with Crippen molar-refractivity contribution >= 4 is 78.3 Å².